The molecular weight excluding hydrogens is 327 g/mol. The quantitative estimate of drug-likeness (QED) is 0.663. The van der Waals surface area contributed by atoms with Crippen LogP contribution in [-0.2, 0) is 6.54 Å². The Bertz CT molecular complexity index is 897. The molecule has 5 heteroatoms. The fourth-order valence-electron chi connectivity index (χ4n) is 3.00. The topological polar surface area (TPSA) is 49.8 Å². The number of aryl methyl sites for hydroxylation is 4. The monoisotopic (exact) mass is 350 g/mol. The van der Waals surface area contributed by atoms with E-state index in [9.17, 15) is 4.39 Å². The van der Waals surface area contributed by atoms with Crippen LogP contribution in [-0.4, -0.2) is 9.97 Å². The lowest BCUT2D eigenvalue weighted by Gasteiger charge is -2.14. The molecule has 0 bridgehead atoms. The highest BCUT2D eigenvalue weighted by Crippen LogP contribution is 2.25. The van der Waals surface area contributed by atoms with Crippen LogP contribution in [0, 0.1) is 33.5 Å². The summed E-state index contributed by atoms with van der Waals surface area (Å²) in [7, 11) is 0. The second kappa shape index (κ2) is 7.52. The number of benzene rings is 2. The lowest BCUT2D eigenvalue weighted by atomic mass is 10.1. The van der Waals surface area contributed by atoms with Gasteiger partial charge in [-0.2, -0.15) is 4.98 Å². The van der Waals surface area contributed by atoms with Gasteiger partial charge in [0.05, 0.1) is 0 Å². The highest BCUT2D eigenvalue weighted by Gasteiger charge is 2.08. The molecule has 2 N–H and O–H groups in total. The van der Waals surface area contributed by atoms with Gasteiger partial charge in [0.15, 0.2) is 0 Å². The highest BCUT2D eigenvalue weighted by atomic mass is 19.1. The predicted octanol–water partition coefficient (Wildman–Crippen LogP) is 5.21. The minimum Gasteiger partial charge on any atom is -0.366 e. The molecule has 0 saturated heterocycles. The van der Waals surface area contributed by atoms with Crippen LogP contribution in [0.5, 0.6) is 0 Å². The number of hydrogen-bond donors (Lipinski definition) is 2. The summed E-state index contributed by atoms with van der Waals surface area (Å²) < 4.78 is 13.0. The Hall–Kier alpha value is -2.95. The van der Waals surface area contributed by atoms with Crippen molar-refractivity contribution in [1.29, 1.82) is 0 Å². The van der Waals surface area contributed by atoms with Crippen molar-refractivity contribution in [2.24, 2.45) is 0 Å². The van der Waals surface area contributed by atoms with Gasteiger partial charge in [0.1, 0.15) is 11.6 Å². The van der Waals surface area contributed by atoms with Gasteiger partial charge < -0.3 is 10.6 Å². The van der Waals surface area contributed by atoms with Crippen LogP contribution in [0.1, 0.15) is 27.9 Å². The molecule has 0 amide bonds. The van der Waals surface area contributed by atoms with Crippen LogP contribution in [0.2, 0.25) is 0 Å². The average molecular weight is 350 g/mol. The summed E-state index contributed by atoms with van der Waals surface area (Å²) in [6.07, 6.45) is 0. The van der Waals surface area contributed by atoms with Crippen molar-refractivity contribution in [3.05, 3.63) is 76.2 Å². The molecule has 26 heavy (non-hydrogen) atoms. The van der Waals surface area contributed by atoms with E-state index in [4.69, 9.17) is 0 Å². The smallest absolute Gasteiger partial charge is 0.229 e. The maximum atomic E-state index is 13.0. The van der Waals surface area contributed by atoms with Crippen molar-refractivity contribution in [2.45, 2.75) is 34.2 Å². The molecule has 1 heterocycles. The molecule has 0 atom stereocenters. The van der Waals surface area contributed by atoms with Crippen LogP contribution < -0.4 is 10.6 Å². The van der Waals surface area contributed by atoms with E-state index in [0.717, 1.165) is 33.9 Å². The Kier molecular flexibility index (Phi) is 5.16. The zero-order valence-electron chi connectivity index (χ0n) is 15.5. The Morgan fingerprint density at radius 2 is 1.54 bits per heavy atom. The van der Waals surface area contributed by atoms with Gasteiger partial charge in [0.2, 0.25) is 5.95 Å². The maximum absolute atomic E-state index is 13.0. The summed E-state index contributed by atoms with van der Waals surface area (Å²) in [6, 6.07) is 12.6. The fourth-order valence-corrected chi connectivity index (χ4v) is 3.00. The number of nitrogens with one attached hydrogen (secondary N) is 2. The fraction of sp³-hybridized carbons (Fsp3) is 0.238. The molecule has 134 valence electrons. The van der Waals surface area contributed by atoms with Gasteiger partial charge in [-0.25, -0.2) is 9.37 Å². The molecule has 0 aliphatic heterocycles. The van der Waals surface area contributed by atoms with Crippen LogP contribution in [0.25, 0.3) is 0 Å². The molecular formula is C21H23FN4. The van der Waals surface area contributed by atoms with E-state index < -0.39 is 0 Å². The largest absolute Gasteiger partial charge is 0.366 e. The van der Waals surface area contributed by atoms with E-state index in [2.05, 4.69) is 53.5 Å². The lowest BCUT2D eigenvalue weighted by molar-refractivity contribution is 0.627. The molecule has 4 nitrogen and oxygen atoms in total. The van der Waals surface area contributed by atoms with Gasteiger partial charge in [-0.05, 0) is 56.5 Å². The number of aromatic nitrogens is 2. The molecule has 0 spiro atoms. The molecule has 0 fully saturated rings. The van der Waals surface area contributed by atoms with E-state index in [-0.39, 0.29) is 5.82 Å². The number of nitrogens with zero attached hydrogens (tertiary/aromatic N) is 2. The predicted molar refractivity (Wildman–Crippen MR) is 104 cm³/mol. The standard InChI is InChI=1S/C21H23FN4/c1-13-9-14(2)20(15(3)10-13)26-21-24-16(4)11-19(25-21)23-12-17-5-7-18(22)8-6-17/h5-11H,12H2,1-4H3,(H2,23,24,25,26). The van der Waals surface area contributed by atoms with Gasteiger partial charge in [0.25, 0.3) is 0 Å². The van der Waals surface area contributed by atoms with Gasteiger partial charge >= 0.3 is 0 Å². The lowest BCUT2D eigenvalue weighted by Crippen LogP contribution is -2.07. The number of hydrogen-bond acceptors (Lipinski definition) is 4. The van der Waals surface area contributed by atoms with Gasteiger partial charge in [-0.1, -0.05) is 29.8 Å². The number of anilines is 3. The normalized spacial score (nSPS) is 10.7. The third-order valence-corrected chi connectivity index (χ3v) is 4.15. The Morgan fingerprint density at radius 1 is 0.885 bits per heavy atom. The first-order valence-electron chi connectivity index (χ1n) is 8.59. The van der Waals surface area contributed by atoms with E-state index in [1.165, 1.54) is 17.7 Å². The van der Waals surface area contributed by atoms with Crippen molar-refractivity contribution in [1.82, 2.24) is 9.97 Å². The first-order valence-corrected chi connectivity index (χ1v) is 8.59. The molecule has 0 aliphatic carbocycles. The summed E-state index contributed by atoms with van der Waals surface area (Å²) >= 11 is 0. The third-order valence-electron chi connectivity index (χ3n) is 4.15. The first kappa shape index (κ1) is 17.9. The molecule has 3 aromatic rings. The maximum Gasteiger partial charge on any atom is 0.229 e. The summed E-state index contributed by atoms with van der Waals surface area (Å²) in [5, 5.41) is 6.61. The van der Waals surface area contributed by atoms with E-state index in [1.54, 1.807) is 12.1 Å². The van der Waals surface area contributed by atoms with Crippen molar-refractivity contribution < 1.29 is 4.39 Å². The third kappa shape index (κ3) is 4.36. The highest BCUT2D eigenvalue weighted by molar-refractivity contribution is 5.64. The Labute approximate surface area is 153 Å². The molecule has 0 saturated carbocycles. The summed E-state index contributed by atoms with van der Waals surface area (Å²) in [6.45, 7) is 8.74. The van der Waals surface area contributed by atoms with Gasteiger partial charge in [0, 0.05) is 24.0 Å². The van der Waals surface area contributed by atoms with Crippen molar-refractivity contribution in [2.75, 3.05) is 10.6 Å². The minimum absolute atomic E-state index is 0.234. The van der Waals surface area contributed by atoms with Crippen molar-refractivity contribution in [3.8, 4) is 0 Å². The van der Waals surface area contributed by atoms with E-state index in [1.807, 2.05) is 13.0 Å². The summed E-state index contributed by atoms with van der Waals surface area (Å²) in [4.78, 5) is 9.05. The molecule has 2 aromatic carbocycles. The first-order chi connectivity index (χ1) is 12.4. The molecule has 0 aliphatic rings. The van der Waals surface area contributed by atoms with Gasteiger partial charge in [-0.15, -0.1) is 0 Å². The van der Waals surface area contributed by atoms with Crippen LogP contribution in [0.3, 0.4) is 0 Å². The SMILES string of the molecule is Cc1cc(C)c(Nc2nc(C)cc(NCc3ccc(F)cc3)n2)c(C)c1. The molecule has 1 aromatic heterocycles. The minimum atomic E-state index is -0.234. The van der Waals surface area contributed by atoms with Crippen LogP contribution in [0.15, 0.2) is 42.5 Å². The zero-order valence-corrected chi connectivity index (χ0v) is 15.5. The average Bonchev–Trinajstić information content (AvgIpc) is 2.57. The second-order valence-corrected chi connectivity index (χ2v) is 6.60. The molecule has 0 unspecified atom stereocenters. The van der Waals surface area contributed by atoms with E-state index in [0.29, 0.717) is 12.5 Å². The van der Waals surface area contributed by atoms with Crippen molar-refractivity contribution >= 4 is 17.5 Å². The molecule has 0 radical (unpaired) electrons. The summed E-state index contributed by atoms with van der Waals surface area (Å²) in [5.74, 6) is 1.05. The van der Waals surface area contributed by atoms with Crippen molar-refractivity contribution in [3.63, 3.8) is 0 Å². The summed E-state index contributed by atoms with van der Waals surface area (Å²) in [5.41, 5.74) is 6.44. The van der Waals surface area contributed by atoms with Gasteiger partial charge in [-0.3, -0.25) is 0 Å². The second-order valence-electron chi connectivity index (χ2n) is 6.60. The van der Waals surface area contributed by atoms with Crippen LogP contribution in [0.4, 0.5) is 21.8 Å². The Morgan fingerprint density at radius 3 is 2.19 bits per heavy atom. The Balaban J connectivity index is 1.78. The van der Waals surface area contributed by atoms with Crippen LogP contribution >= 0.6 is 0 Å². The zero-order chi connectivity index (χ0) is 18.7. The molecule has 3 rings (SSSR count). The number of rotatable bonds is 5. The van der Waals surface area contributed by atoms with E-state index >= 15 is 0 Å². The number of halogens is 1.